The fraction of sp³-hybridized carbons (Fsp3) is 0.241. The number of ether oxygens (including phenoxy) is 2. The highest BCUT2D eigenvalue weighted by Gasteiger charge is 2.13. The maximum absolute atomic E-state index is 13.2. The number of rotatable bonds is 12. The van der Waals surface area contributed by atoms with Crippen LogP contribution in [0.4, 0.5) is 4.39 Å². The molecule has 186 valence electrons. The van der Waals surface area contributed by atoms with E-state index < -0.39 is 5.97 Å². The van der Waals surface area contributed by atoms with Gasteiger partial charge in [-0.05, 0) is 72.6 Å². The molecule has 0 fully saturated rings. The van der Waals surface area contributed by atoms with E-state index in [1.165, 1.54) is 24.3 Å². The molecule has 0 atom stereocenters. The molecule has 1 aromatic heterocycles. The summed E-state index contributed by atoms with van der Waals surface area (Å²) in [5.41, 5.74) is 2.75. The normalized spacial score (nSPS) is 10.9. The van der Waals surface area contributed by atoms with E-state index in [1.54, 1.807) is 16.8 Å². The summed E-state index contributed by atoms with van der Waals surface area (Å²) in [6, 6.07) is 18.4. The predicted octanol–water partition coefficient (Wildman–Crippen LogP) is 5.90. The Morgan fingerprint density at radius 1 is 0.917 bits per heavy atom. The number of hydrogen-bond donors (Lipinski definition) is 1. The van der Waals surface area contributed by atoms with Gasteiger partial charge >= 0.3 is 5.97 Å². The molecule has 0 aliphatic heterocycles. The van der Waals surface area contributed by atoms with Crippen LogP contribution in [0.25, 0.3) is 10.9 Å². The summed E-state index contributed by atoms with van der Waals surface area (Å²) in [6.07, 6.45) is 4.06. The number of benzene rings is 3. The van der Waals surface area contributed by atoms with Gasteiger partial charge in [-0.3, -0.25) is 9.59 Å². The van der Waals surface area contributed by atoms with Crippen LogP contribution in [0.3, 0.4) is 0 Å². The molecule has 4 rings (SSSR count). The average Bonchev–Trinajstić information content (AvgIpc) is 3.27. The van der Waals surface area contributed by atoms with E-state index >= 15 is 0 Å². The topological polar surface area (TPSA) is 77.8 Å². The number of halogens is 1. The molecule has 0 aliphatic carbocycles. The van der Waals surface area contributed by atoms with Gasteiger partial charge in [0.2, 0.25) is 0 Å². The van der Waals surface area contributed by atoms with Crippen LogP contribution in [0.15, 0.2) is 72.9 Å². The Kier molecular flexibility index (Phi) is 8.00. The third kappa shape index (κ3) is 5.92. The van der Waals surface area contributed by atoms with Gasteiger partial charge in [-0.1, -0.05) is 19.4 Å². The highest BCUT2D eigenvalue weighted by Crippen LogP contribution is 2.27. The highest BCUT2D eigenvalue weighted by atomic mass is 19.1. The van der Waals surface area contributed by atoms with Crippen LogP contribution < -0.4 is 9.47 Å². The van der Waals surface area contributed by atoms with Crippen LogP contribution in [0.2, 0.25) is 0 Å². The summed E-state index contributed by atoms with van der Waals surface area (Å²) >= 11 is 0. The summed E-state index contributed by atoms with van der Waals surface area (Å²) in [6.45, 7) is 2.84. The lowest BCUT2D eigenvalue weighted by Gasteiger charge is -2.13. The van der Waals surface area contributed by atoms with E-state index in [0.717, 1.165) is 35.1 Å². The molecule has 0 bridgehead atoms. The Balaban J connectivity index is 1.35. The fourth-order valence-electron chi connectivity index (χ4n) is 4.12. The molecule has 36 heavy (non-hydrogen) atoms. The lowest BCUT2D eigenvalue weighted by atomic mass is 9.99. The van der Waals surface area contributed by atoms with E-state index in [-0.39, 0.29) is 18.1 Å². The number of carboxylic acid groups (broad SMARTS) is 1. The number of fused-ring (bicyclic) bond motifs is 1. The summed E-state index contributed by atoms with van der Waals surface area (Å²) in [5, 5.41) is 9.94. The van der Waals surface area contributed by atoms with Crippen molar-refractivity contribution in [1.82, 2.24) is 4.57 Å². The molecule has 1 N–H and O–H groups in total. The van der Waals surface area contributed by atoms with Gasteiger partial charge in [-0.25, -0.2) is 4.39 Å². The minimum absolute atomic E-state index is 0.102. The van der Waals surface area contributed by atoms with Crippen molar-refractivity contribution in [2.24, 2.45) is 0 Å². The lowest BCUT2D eigenvalue weighted by Crippen LogP contribution is -2.08. The number of hydrogen-bond acceptors (Lipinski definition) is 4. The molecule has 0 radical (unpaired) electrons. The summed E-state index contributed by atoms with van der Waals surface area (Å²) < 4.78 is 26.8. The van der Waals surface area contributed by atoms with Crippen molar-refractivity contribution in [2.75, 3.05) is 13.2 Å². The lowest BCUT2D eigenvalue weighted by molar-refractivity contribution is -0.137. The second kappa shape index (κ2) is 11.5. The van der Waals surface area contributed by atoms with Crippen molar-refractivity contribution in [1.29, 1.82) is 0 Å². The van der Waals surface area contributed by atoms with E-state index in [2.05, 4.69) is 6.92 Å². The number of aromatic nitrogens is 1. The Morgan fingerprint density at radius 3 is 2.36 bits per heavy atom. The Morgan fingerprint density at radius 2 is 1.64 bits per heavy atom. The molecular formula is C29H28FNO5. The number of carboxylic acids is 1. The molecule has 0 unspecified atom stereocenters. The molecule has 0 saturated carbocycles. The van der Waals surface area contributed by atoms with Gasteiger partial charge < -0.3 is 19.1 Å². The third-order valence-corrected chi connectivity index (χ3v) is 5.83. The predicted molar refractivity (Wildman–Crippen MR) is 135 cm³/mol. The molecule has 7 heteroatoms. The fourth-order valence-corrected chi connectivity index (χ4v) is 4.12. The van der Waals surface area contributed by atoms with Gasteiger partial charge in [-0.2, -0.15) is 0 Å². The number of carbonyl (C=O) groups is 2. The second-order valence-electron chi connectivity index (χ2n) is 8.49. The molecular weight excluding hydrogens is 461 g/mol. The second-order valence-corrected chi connectivity index (χ2v) is 8.49. The molecule has 3 aromatic carbocycles. The van der Waals surface area contributed by atoms with Crippen molar-refractivity contribution in [2.45, 2.75) is 32.7 Å². The van der Waals surface area contributed by atoms with Gasteiger partial charge in [0, 0.05) is 29.1 Å². The van der Waals surface area contributed by atoms with Crippen molar-refractivity contribution >= 4 is 22.7 Å². The van der Waals surface area contributed by atoms with Crippen molar-refractivity contribution in [3.8, 4) is 11.5 Å². The van der Waals surface area contributed by atoms with Crippen LogP contribution in [-0.2, 0) is 17.8 Å². The first kappa shape index (κ1) is 25.0. The quantitative estimate of drug-likeness (QED) is 0.198. The SMILES string of the molecule is CCCc1cc(C(=O)c2ccc(F)cc2)ccc1OCCCOc1cccc2c1ccn2CC(=O)O. The van der Waals surface area contributed by atoms with Gasteiger partial charge in [0.05, 0.1) is 18.7 Å². The Hall–Kier alpha value is -4.13. The molecule has 0 amide bonds. The number of carbonyl (C=O) groups excluding carboxylic acids is 1. The number of aryl methyl sites for hydroxylation is 1. The maximum atomic E-state index is 13.2. The van der Waals surface area contributed by atoms with Gasteiger partial charge in [0.15, 0.2) is 5.78 Å². The molecule has 0 spiro atoms. The van der Waals surface area contributed by atoms with Crippen LogP contribution in [-0.4, -0.2) is 34.6 Å². The monoisotopic (exact) mass is 489 g/mol. The van der Waals surface area contributed by atoms with Crippen LogP contribution in [0.5, 0.6) is 11.5 Å². The van der Waals surface area contributed by atoms with E-state index in [0.29, 0.717) is 36.5 Å². The summed E-state index contributed by atoms with van der Waals surface area (Å²) in [7, 11) is 0. The minimum atomic E-state index is -0.897. The first-order valence-electron chi connectivity index (χ1n) is 11.9. The van der Waals surface area contributed by atoms with Crippen molar-refractivity contribution in [3.63, 3.8) is 0 Å². The van der Waals surface area contributed by atoms with E-state index in [4.69, 9.17) is 14.6 Å². The first-order chi connectivity index (χ1) is 17.5. The standard InChI is InChI=1S/C29H28FNO5/c1-2-5-21-18-22(29(34)20-8-11-23(30)12-9-20)10-13-26(21)35-16-4-17-36-27-7-3-6-25-24(27)14-15-31(25)19-28(32)33/h3,6-15,18H,2,4-5,16-17,19H2,1H3,(H,32,33). The minimum Gasteiger partial charge on any atom is -0.493 e. The van der Waals surface area contributed by atoms with Gasteiger partial charge in [0.25, 0.3) is 0 Å². The Labute approximate surface area is 208 Å². The zero-order chi connectivity index (χ0) is 25.5. The van der Waals surface area contributed by atoms with E-state index in [1.807, 2.05) is 36.4 Å². The average molecular weight is 490 g/mol. The molecule has 4 aromatic rings. The number of aliphatic carboxylic acids is 1. The molecule has 0 saturated heterocycles. The van der Waals surface area contributed by atoms with Crippen molar-refractivity contribution < 1.29 is 28.6 Å². The highest BCUT2D eigenvalue weighted by molar-refractivity contribution is 6.09. The molecule has 0 aliphatic rings. The third-order valence-electron chi connectivity index (χ3n) is 5.83. The zero-order valence-corrected chi connectivity index (χ0v) is 20.1. The van der Waals surface area contributed by atoms with Crippen LogP contribution >= 0.6 is 0 Å². The number of nitrogens with zero attached hydrogens (tertiary/aromatic N) is 1. The number of ketones is 1. The summed E-state index contributed by atoms with van der Waals surface area (Å²) in [4.78, 5) is 23.9. The van der Waals surface area contributed by atoms with Gasteiger partial charge in [-0.15, -0.1) is 0 Å². The van der Waals surface area contributed by atoms with Crippen molar-refractivity contribution in [3.05, 3.63) is 95.4 Å². The molecule has 1 heterocycles. The first-order valence-corrected chi connectivity index (χ1v) is 11.9. The van der Waals surface area contributed by atoms with Crippen LogP contribution in [0, 0.1) is 5.82 Å². The smallest absolute Gasteiger partial charge is 0.323 e. The Bertz CT molecular complexity index is 1360. The summed E-state index contributed by atoms with van der Waals surface area (Å²) in [5.74, 6) is 0.0106. The van der Waals surface area contributed by atoms with E-state index in [9.17, 15) is 14.0 Å². The van der Waals surface area contributed by atoms with Gasteiger partial charge in [0.1, 0.15) is 23.9 Å². The maximum Gasteiger partial charge on any atom is 0.323 e. The van der Waals surface area contributed by atoms with Crippen LogP contribution in [0.1, 0.15) is 41.3 Å². The zero-order valence-electron chi connectivity index (χ0n) is 20.1. The largest absolute Gasteiger partial charge is 0.493 e. The molecule has 6 nitrogen and oxygen atoms in total.